The summed E-state index contributed by atoms with van der Waals surface area (Å²) in [5.74, 6) is -1.07. The standard InChI is InChI=1S/C19H13F6N3O3/c1-10-16(17(29)26-9-11-2-4-12(5-3-11)18(20,21)22)28(31)15-8-13(19(23,24)25)6-7-14(15)27(10)30/h2-8H,9H2,1H3,(H,26,29). The van der Waals surface area contributed by atoms with Gasteiger partial charge in [-0.05, 0) is 36.8 Å². The van der Waals surface area contributed by atoms with Gasteiger partial charge in [0.05, 0.1) is 21.2 Å². The molecule has 0 saturated heterocycles. The first-order chi connectivity index (χ1) is 14.3. The molecule has 1 amide bonds. The zero-order valence-electron chi connectivity index (χ0n) is 15.6. The van der Waals surface area contributed by atoms with Crippen LogP contribution in [0.25, 0.3) is 11.0 Å². The smallest absolute Gasteiger partial charge is 0.416 e. The topological polar surface area (TPSA) is 80.1 Å². The third-order valence-electron chi connectivity index (χ3n) is 4.54. The summed E-state index contributed by atoms with van der Waals surface area (Å²) in [5.41, 5.74) is -3.90. The van der Waals surface area contributed by atoms with Gasteiger partial charge in [-0.25, -0.2) is 0 Å². The van der Waals surface area contributed by atoms with Crippen LogP contribution in [0.5, 0.6) is 0 Å². The first-order valence-corrected chi connectivity index (χ1v) is 8.61. The third kappa shape index (κ3) is 4.32. The molecule has 0 spiro atoms. The molecule has 31 heavy (non-hydrogen) atoms. The second kappa shape index (κ2) is 7.60. The van der Waals surface area contributed by atoms with E-state index in [4.69, 9.17) is 0 Å². The van der Waals surface area contributed by atoms with Crippen molar-refractivity contribution in [3.8, 4) is 0 Å². The maximum Gasteiger partial charge on any atom is 0.416 e. The van der Waals surface area contributed by atoms with Crippen LogP contribution in [0.2, 0.25) is 0 Å². The quantitative estimate of drug-likeness (QED) is 0.485. The second-order valence-electron chi connectivity index (χ2n) is 6.60. The highest BCUT2D eigenvalue weighted by Crippen LogP contribution is 2.31. The zero-order chi connectivity index (χ0) is 23.1. The molecular weight excluding hydrogens is 432 g/mol. The van der Waals surface area contributed by atoms with Gasteiger partial charge in [0.2, 0.25) is 0 Å². The van der Waals surface area contributed by atoms with Crippen molar-refractivity contribution in [1.29, 1.82) is 0 Å². The predicted molar refractivity (Wildman–Crippen MR) is 96.4 cm³/mol. The Balaban J connectivity index is 1.94. The maximum absolute atomic E-state index is 13.0. The van der Waals surface area contributed by atoms with Crippen LogP contribution in [0.1, 0.15) is 32.9 Å². The normalized spacial score (nSPS) is 12.2. The lowest BCUT2D eigenvalue weighted by Crippen LogP contribution is -2.36. The van der Waals surface area contributed by atoms with Gasteiger partial charge in [0.15, 0.2) is 0 Å². The molecule has 0 radical (unpaired) electrons. The molecule has 1 N–H and O–H groups in total. The van der Waals surface area contributed by atoms with E-state index in [9.17, 15) is 41.3 Å². The van der Waals surface area contributed by atoms with Crippen molar-refractivity contribution < 1.29 is 35.6 Å². The average molecular weight is 445 g/mol. The van der Waals surface area contributed by atoms with Crippen LogP contribution in [0, 0.1) is 17.0 Å². The van der Waals surface area contributed by atoms with E-state index < -0.39 is 40.6 Å². The third-order valence-corrected chi connectivity index (χ3v) is 4.54. The first-order valence-electron chi connectivity index (χ1n) is 8.61. The molecule has 6 nitrogen and oxygen atoms in total. The van der Waals surface area contributed by atoms with Gasteiger partial charge in [0, 0.05) is 17.5 Å². The molecule has 0 saturated carbocycles. The van der Waals surface area contributed by atoms with Gasteiger partial charge in [0.25, 0.3) is 5.52 Å². The van der Waals surface area contributed by atoms with E-state index >= 15 is 0 Å². The number of nitrogens with one attached hydrogen (secondary N) is 1. The molecular formula is C19H13F6N3O3. The number of aromatic nitrogens is 2. The fourth-order valence-corrected chi connectivity index (χ4v) is 2.91. The van der Waals surface area contributed by atoms with Crippen LogP contribution >= 0.6 is 0 Å². The molecule has 1 aromatic heterocycles. The second-order valence-corrected chi connectivity index (χ2v) is 6.60. The molecule has 0 aliphatic heterocycles. The number of hydrogen-bond donors (Lipinski definition) is 1. The highest BCUT2D eigenvalue weighted by atomic mass is 19.4. The number of nitrogens with zero attached hydrogens (tertiary/aromatic N) is 2. The highest BCUT2D eigenvalue weighted by molar-refractivity contribution is 5.93. The largest absolute Gasteiger partial charge is 0.805 e. The minimum absolute atomic E-state index is 0.0730. The van der Waals surface area contributed by atoms with Gasteiger partial charge in [-0.1, -0.05) is 12.1 Å². The lowest BCUT2D eigenvalue weighted by molar-refractivity contribution is -0.468. The number of fused-ring (bicyclic) bond motifs is 1. The monoisotopic (exact) mass is 445 g/mol. The van der Waals surface area contributed by atoms with Crippen molar-refractivity contribution in [3.05, 3.63) is 80.7 Å². The first kappa shape index (κ1) is 22.1. The molecule has 0 aliphatic rings. The fourth-order valence-electron chi connectivity index (χ4n) is 2.91. The van der Waals surface area contributed by atoms with E-state index in [-0.39, 0.29) is 32.5 Å². The number of hydrogen-bond acceptors (Lipinski definition) is 3. The van der Waals surface area contributed by atoms with E-state index in [0.29, 0.717) is 12.1 Å². The van der Waals surface area contributed by atoms with Gasteiger partial charge in [-0.15, -0.1) is 0 Å². The molecule has 1 heterocycles. The number of rotatable bonds is 3. The highest BCUT2D eigenvalue weighted by Gasteiger charge is 2.34. The summed E-state index contributed by atoms with van der Waals surface area (Å²) in [7, 11) is 0. The molecule has 0 aliphatic carbocycles. The Kier molecular flexibility index (Phi) is 5.42. The Morgan fingerprint density at radius 3 is 2.10 bits per heavy atom. The number of carbonyl (C=O) groups excluding carboxylic acids is 1. The molecule has 0 atom stereocenters. The molecule has 3 rings (SSSR count). The van der Waals surface area contributed by atoms with E-state index in [1.165, 1.54) is 0 Å². The average Bonchev–Trinajstić information content (AvgIpc) is 2.69. The van der Waals surface area contributed by atoms with Crippen LogP contribution in [0.15, 0.2) is 42.5 Å². The molecule has 12 heteroatoms. The van der Waals surface area contributed by atoms with Crippen molar-refractivity contribution in [2.75, 3.05) is 0 Å². The minimum atomic E-state index is -4.77. The van der Waals surface area contributed by atoms with Crippen molar-refractivity contribution >= 4 is 16.9 Å². The molecule has 2 aromatic carbocycles. The number of halogens is 6. The predicted octanol–water partition coefficient (Wildman–Crippen LogP) is 4.18. The summed E-state index contributed by atoms with van der Waals surface area (Å²) < 4.78 is 76.7. The summed E-state index contributed by atoms with van der Waals surface area (Å²) in [6.45, 7) is 0.863. The van der Waals surface area contributed by atoms with Crippen LogP contribution in [-0.4, -0.2) is 10.6 Å². The molecule has 0 unspecified atom stereocenters. The lowest BCUT2D eigenvalue weighted by Gasteiger charge is -2.17. The van der Waals surface area contributed by atoms with Gasteiger partial charge < -0.3 is 15.3 Å². The molecule has 0 fully saturated rings. The van der Waals surface area contributed by atoms with E-state index in [1.807, 2.05) is 0 Å². The Labute approximate surface area is 169 Å². The minimum Gasteiger partial charge on any atom is -0.805 e. The molecule has 164 valence electrons. The van der Waals surface area contributed by atoms with E-state index in [1.54, 1.807) is 0 Å². The summed E-state index contributed by atoms with van der Waals surface area (Å²) in [6, 6.07) is 5.78. The van der Waals surface area contributed by atoms with E-state index in [0.717, 1.165) is 37.3 Å². The maximum atomic E-state index is 13.0. The number of carbonyl (C=O) groups is 1. The summed E-state index contributed by atoms with van der Waals surface area (Å²) in [6.07, 6.45) is -9.31. The number of benzene rings is 2. The van der Waals surface area contributed by atoms with Crippen LogP contribution in [0.4, 0.5) is 26.3 Å². The number of alkyl halides is 6. The van der Waals surface area contributed by atoms with Crippen molar-refractivity contribution in [2.45, 2.75) is 25.8 Å². The van der Waals surface area contributed by atoms with Gasteiger partial charge in [0.1, 0.15) is 5.52 Å². The summed E-state index contributed by atoms with van der Waals surface area (Å²) in [5, 5.41) is 14.6. The van der Waals surface area contributed by atoms with Gasteiger partial charge >= 0.3 is 24.0 Å². The summed E-state index contributed by atoms with van der Waals surface area (Å²) in [4.78, 5) is 25.1. The van der Waals surface area contributed by atoms with Gasteiger partial charge in [-0.2, -0.15) is 26.3 Å². The Morgan fingerprint density at radius 2 is 1.55 bits per heavy atom. The van der Waals surface area contributed by atoms with Crippen LogP contribution in [-0.2, 0) is 18.9 Å². The Morgan fingerprint density at radius 1 is 1.00 bits per heavy atom. The Hall–Kier alpha value is -3.57. The SMILES string of the molecule is Cc1c(C(=O)NCc2ccc(C(F)(F)F)cc2)[n+](=O)c2cc(C(F)(F)F)ccc2n1[O-]. The number of amides is 1. The van der Waals surface area contributed by atoms with Crippen LogP contribution in [0.3, 0.4) is 0 Å². The van der Waals surface area contributed by atoms with Crippen molar-refractivity contribution in [3.63, 3.8) is 0 Å². The lowest BCUT2D eigenvalue weighted by atomic mass is 10.1. The zero-order valence-corrected chi connectivity index (χ0v) is 15.6. The molecule has 3 aromatic rings. The van der Waals surface area contributed by atoms with Gasteiger partial charge in [-0.3, -0.25) is 4.79 Å². The van der Waals surface area contributed by atoms with Crippen molar-refractivity contribution in [1.82, 2.24) is 10.0 Å². The molecule has 0 bridgehead atoms. The van der Waals surface area contributed by atoms with E-state index in [2.05, 4.69) is 5.32 Å². The van der Waals surface area contributed by atoms with Crippen molar-refractivity contribution in [2.24, 2.45) is 0 Å². The Bertz CT molecular complexity index is 1210. The van der Waals surface area contributed by atoms with Crippen LogP contribution < -0.4 is 9.74 Å². The summed E-state index contributed by atoms with van der Waals surface area (Å²) >= 11 is 0. The fraction of sp³-hybridized carbons (Fsp3) is 0.211.